The van der Waals surface area contributed by atoms with E-state index in [0.717, 1.165) is 6.07 Å². The van der Waals surface area contributed by atoms with Crippen molar-refractivity contribution in [1.82, 2.24) is 0 Å². The van der Waals surface area contributed by atoms with Gasteiger partial charge in [-0.15, -0.1) is 0 Å². The summed E-state index contributed by atoms with van der Waals surface area (Å²) >= 11 is 0. The Bertz CT molecular complexity index is 1540. The van der Waals surface area contributed by atoms with Crippen molar-refractivity contribution in [1.29, 1.82) is 0 Å². The highest BCUT2D eigenvalue weighted by atomic mass is 16.5. The molecular weight excluding hydrogens is 482 g/mol. The van der Waals surface area contributed by atoms with Crippen LogP contribution in [0.5, 0.6) is 23.0 Å². The third-order valence-electron chi connectivity index (χ3n) is 5.78. The maximum atomic E-state index is 13.1. The first-order valence-corrected chi connectivity index (χ1v) is 11.1. The van der Waals surface area contributed by atoms with Gasteiger partial charge in [0.2, 0.25) is 5.75 Å². The molecule has 0 radical (unpaired) electrons. The van der Waals surface area contributed by atoms with Crippen molar-refractivity contribution >= 4 is 22.8 Å². The molecule has 0 aliphatic heterocycles. The lowest BCUT2D eigenvalue weighted by molar-refractivity contribution is -0.140. The van der Waals surface area contributed by atoms with Crippen LogP contribution in [-0.2, 0) is 14.3 Å². The van der Waals surface area contributed by atoms with Gasteiger partial charge in [0.25, 0.3) is 5.91 Å². The number of phenols is 3. The molecule has 37 heavy (non-hydrogen) atoms. The summed E-state index contributed by atoms with van der Waals surface area (Å²) in [5.41, 5.74) is 5.06. The van der Waals surface area contributed by atoms with Crippen molar-refractivity contribution in [2.45, 2.75) is 12.3 Å². The second kappa shape index (κ2) is 10.3. The minimum atomic E-state index is -1.03. The Labute approximate surface area is 210 Å². The minimum absolute atomic E-state index is 0.127. The maximum Gasteiger partial charge on any atom is 0.306 e. The molecule has 190 valence electrons. The van der Waals surface area contributed by atoms with Crippen LogP contribution >= 0.6 is 0 Å². The number of nitrogens with two attached hydrogens (primary N) is 1. The van der Waals surface area contributed by atoms with Crippen LogP contribution in [0, 0.1) is 0 Å². The number of primary amides is 1. The average Bonchev–Trinajstić information content (AvgIpc) is 2.90. The molecule has 0 spiro atoms. The number of aromatic hydroxyl groups is 3. The molecule has 0 fully saturated rings. The fourth-order valence-corrected chi connectivity index (χ4v) is 4.05. The number of carbonyl (C=O) groups is 2. The number of esters is 1. The zero-order valence-electron chi connectivity index (χ0n) is 19.6. The molecule has 10 nitrogen and oxygen atoms in total. The highest BCUT2D eigenvalue weighted by molar-refractivity contribution is 5.93. The zero-order valence-corrected chi connectivity index (χ0v) is 19.6. The van der Waals surface area contributed by atoms with E-state index in [1.165, 1.54) is 13.2 Å². The van der Waals surface area contributed by atoms with E-state index in [-0.39, 0.29) is 34.5 Å². The fraction of sp³-hybridized carbons (Fsp3) is 0.148. The topological polar surface area (TPSA) is 170 Å². The van der Waals surface area contributed by atoms with E-state index in [1.807, 2.05) is 0 Å². The van der Waals surface area contributed by atoms with Gasteiger partial charge in [-0.2, -0.15) is 0 Å². The number of amides is 1. The van der Waals surface area contributed by atoms with E-state index in [0.29, 0.717) is 11.1 Å². The van der Waals surface area contributed by atoms with Crippen LogP contribution in [0.15, 0.2) is 69.9 Å². The van der Waals surface area contributed by atoms with Crippen LogP contribution in [0.1, 0.15) is 23.5 Å². The van der Waals surface area contributed by atoms with Crippen molar-refractivity contribution in [3.05, 3.63) is 82.0 Å². The summed E-state index contributed by atoms with van der Waals surface area (Å²) in [4.78, 5) is 36.7. The number of phenolic OH excluding ortho intramolecular Hbond substituents is 3. The molecule has 0 unspecified atom stereocenters. The molecule has 0 bridgehead atoms. The fourth-order valence-electron chi connectivity index (χ4n) is 4.05. The van der Waals surface area contributed by atoms with Crippen molar-refractivity contribution in [3.8, 4) is 34.3 Å². The highest BCUT2D eigenvalue weighted by Gasteiger charge is 2.31. The summed E-state index contributed by atoms with van der Waals surface area (Å²) in [6.45, 7) is -0.394. The van der Waals surface area contributed by atoms with Crippen LogP contribution in [0.25, 0.3) is 22.3 Å². The summed E-state index contributed by atoms with van der Waals surface area (Å²) in [7, 11) is 1.19. The molecule has 1 atom stereocenters. The first-order chi connectivity index (χ1) is 17.7. The van der Waals surface area contributed by atoms with E-state index in [9.17, 15) is 29.7 Å². The molecule has 3 aromatic carbocycles. The Morgan fingerprint density at radius 3 is 2.38 bits per heavy atom. The number of benzene rings is 3. The van der Waals surface area contributed by atoms with Crippen LogP contribution in [0.4, 0.5) is 0 Å². The second-order valence-electron chi connectivity index (χ2n) is 8.16. The quantitative estimate of drug-likeness (QED) is 0.207. The first-order valence-electron chi connectivity index (χ1n) is 11.1. The second-order valence-corrected chi connectivity index (χ2v) is 8.16. The summed E-state index contributed by atoms with van der Waals surface area (Å²) in [6, 6.07) is 16.1. The molecule has 1 amide bonds. The van der Waals surface area contributed by atoms with Crippen LogP contribution in [0.3, 0.4) is 0 Å². The number of hydrogen-bond acceptors (Lipinski definition) is 9. The number of ether oxygens (including phenoxy) is 2. The van der Waals surface area contributed by atoms with Crippen LogP contribution in [-0.4, -0.2) is 40.9 Å². The van der Waals surface area contributed by atoms with Crippen LogP contribution < -0.4 is 15.9 Å². The molecule has 10 heteroatoms. The van der Waals surface area contributed by atoms with Gasteiger partial charge in [0.1, 0.15) is 22.5 Å². The van der Waals surface area contributed by atoms with Gasteiger partial charge in [-0.3, -0.25) is 14.4 Å². The molecule has 4 aromatic rings. The van der Waals surface area contributed by atoms with Crippen molar-refractivity contribution in [3.63, 3.8) is 0 Å². The van der Waals surface area contributed by atoms with E-state index in [1.54, 1.807) is 48.5 Å². The maximum absolute atomic E-state index is 13.1. The van der Waals surface area contributed by atoms with E-state index < -0.39 is 47.1 Å². The molecule has 4 rings (SSSR count). The Hall–Kier alpha value is -4.99. The molecule has 0 saturated heterocycles. The van der Waals surface area contributed by atoms with Gasteiger partial charge in [-0.25, -0.2) is 0 Å². The third-order valence-corrected chi connectivity index (χ3v) is 5.78. The van der Waals surface area contributed by atoms with E-state index >= 15 is 0 Å². The monoisotopic (exact) mass is 505 g/mol. The predicted molar refractivity (Wildman–Crippen MR) is 133 cm³/mol. The van der Waals surface area contributed by atoms with Crippen LogP contribution in [0.2, 0.25) is 0 Å². The van der Waals surface area contributed by atoms with Gasteiger partial charge in [-0.1, -0.05) is 42.5 Å². The number of rotatable bonds is 8. The Balaban J connectivity index is 2.01. The van der Waals surface area contributed by atoms with Gasteiger partial charge in [-0.05, 0) is 17.7 Å². The first kappa shape index (κ1) is 25.1. The van der Waals surface area contributed by atoms with Crippen molar-refractivity contribution < 1.29 is 38.8 Å². The van der Waals surface area contributed by atoms with Gasteiger partial charge in [0.05, 0.1) is 13.5 Å². The van der Waals surface area contributed by atoms with Gasteiger partial charge in [0.15, 0.2) is 23.5 Å². The number of fused-ring (bicyclic) bond motifs is 1. The highest BCUT2D eigenvalue weighted by Crippen LogP contribution is 2.49. The average molecular weight is 505 g/mol. The normalized spacial score (nSPS) is 11.7. The lowest BCUT2D eigenvalue weighted by Gasteiger charge is -2.21. The number of carbonyl (C=O) groups excluding carboxylic acids is 2. The predicted octanol–water partition coefficient (Wildman–Crippen LogP) is 3.14. The van der Waals surface area contributed by atoms with Crippen molar-refractivity contribution in [2.24, 2.45) is 5.73 Å². The number of methoxy groups -OCH3 is 1. The summed E-state index contributed by atoms with van der Waals surface area (Å²) in [5, 5.41) is 31.6. The SMILES string of the molecule is COC(=O)C[C@H](c1cccc(OCC(N)=O)c1)c1c(O)c(O)c(O)c2c(=O)cc(-c3ccccc3)oc12. The van der Waals surface area contributed by atoms with Gasteiger partial charge < -0.3 is 34.9 Å². The smallest absolute Gasteiger partial charge is 0.306 e. The molecular formula is C27H23NO9. The van der Waals surface area contributed by atoms with E-state index in [4.69, 9.17) is 19.6 Å². The summed E-state index contributed by atoms with van der Waals surface area (Å²) in [6.07, 6.45) is -0.345. The Kier molecular flexibility index (Phi) is 7.01. The largest absolute Gasteiger partial charge is 0.504 e. The molecule has 0 saturated carbocycles. The Morgan fingerprint density at radius 2 is 1.70 bits per heavy atom. The molecule has 0 aliphatic rings. The summed E-state index contributed by atoms with van der Waals surface area (Å²) in [5.74, 6) is -4.61. The van der Waals surface area contributed by atoms with Gasteiger partial charge >= 0.3 is 5.97 Å². The van der Waals surface area contributed by atoms with E-state index in [2.05, 4.69) is 0 Å². The molecule has 1 aromatic heterocycles. The zero-order chi connectivity index (χ0) is 26.7. The minimum Gasteiger partial charge on any atom is -0.504 e. The lowest BCUT2D eigenvalue weighted by atomic mass is 9.86. The lowest BCUT2D eigenvalue weighted by Crippen LogP contribution is -2.20. The van der Waals surface area contributed by atoms with Crippen molar-refractivity contribution in [2.75, 3.05) is 13.7 Å². The molecule has 0 aliphatic carbocycles. The molecule has 1 heterocycles. The Morgan fingerprint density at radius 1 is 0.973 bits per heavy atom. The molecule has 5 N–H and O–H groups in total. The standard InChI is InChI=1S/C27H23NO9/c1-35-21(31)11-17(15-8-5-9-16(10-15)36-13-20(28)30)22-24(32)26(34)25(33)23-18(29)12-19(37-27(22)23)14-6-3-2-4-7-14/h2-10,12,17,32-34H,11,13H2,1H3,(H2,28,30)/t17-/m1/s1. The number of hydrogen-bond donors (Lipinski definition) is 4. The van der Waals surface area contributed by atoms with Gasteiger partial charge in [0, 0.05) is 23.1 Å². The third kappa shape index (κ3) is 5.03. The summed E-state index contributed by atoms with van der Waals surface area (Å²) < 4.78 is 16.2.